The topological polar surface area (TPSA) is 55.9 Å². The molecule has 1 N–H and O–H groups in total. The van der Waals surface area contributed by atoms with Crippen LogP contribution >= 0.6 is 31.9 Å². The molecule has 0 fully saturated rings. The molecule has 0 saturated heterocycles. The van der Waals surface area contributed by atoms with Crippen molar-refractivity contribution in [2.24, 2.45) is 3.50 Å². The van der Waals surface area contributed by atoms with Gasteiger partial charge in [-0.05, 0) is 136 Å². The molecule has 0 unspecified atom stereocenters. The van der Waals surface area contributed by atoms with E-state index < -0.39 is 8.32 Å². The van der Waals surface area contributed by atoms with Crippen LogP contribution in [0.15, 0.2) is 54.9 Å². The number of rotatable bonds is 6. The Bertz CT molecular complexity index is 1850. The van der Waals surface area contributed by atoms with Crippen molar-refractivity contribution in [1.29, 1.82) is 0 Å². The molecule has 2 aliphatic carbocycles. The minimum Gasteiger partial charge on any atom is -0.665 e. The molecular formula is C47H65Br2N2O2SiW-3. The minimum absolute atomic E-state index is 0.0956. The summed E-state index contributed by atoms with van der Waals surface area (Å²) >= 11 is 8.83. The smallest absolute Gasteiger partial charge is 0.0607 e. The van der Waals surface area contributed by atoms with Crippen LogP contribution in [0.25, 0.3) is 11.1 Å². The van der Waals surface area contributed by atoms with Crippen LogP contribution in [0.4, 0.5) is 5.69 Å². The van der Waals surface area contributed by atoms with Gasteiger partial charge in [-0.1, -0.05) is 46.8 Å². The summed E-state index contributed by atoms with van der Waals surface area (Å²) in [5, 5.41) is 11.5. The molecule has 8 heteroatoms. The zero-order valence-corrected chi connectivity index (χ0v) is 42.5. The van der Waals surface area contributed by atoms with E-state index in [1.165, 1.54) is 84.4 Å². The number of aromatic hydroxyl groups is 1. The normalized spacial score (nSPS) is 13.7. The van der Waals surface area contributed by atoms with Gasteiger partial charge in [0, 0.05) is 11.1 Å². The first kappa shape index (κ1) is 47.6. The van der Waals surface area contributed by atoms with Crippen molar-refractivity contribution in [2.75, 3.05) is 0 Å². The summed E-state index contributed by atoms with van der Waals surface area (Å²) in [6, 6.07) is 15.0. The van der Waals surface area contributed by atoms with Crippen LogP contribution in [0.1, 0.15) is 137 Å². The van der Waals surface area contributed by atoms with Gasteiger partial charge in [-0.25, -0.2) is 0 Å². The molecule has 0 radical (unpaired) electrons. The van der Waals surface area contributed by atoms with Crippen molar-refractivity contribution in [3.8, 4) is 22.6 Å². The second kappa shape index (κ2) is 21.3. The molecule has 3 aromatic carbocycles. The van der Waals surface area contributed by atoms with Crippen molar-refractivity contribution < 1.29 is 29.2 Å². The Balaban J connectivity index is 0.000000277. The number of hydrogen-bond acceptors (Lipinski definition) is 3. The summed E-state index contributed by atoms with van der Waals surface area (Å²) in [5.41, 5.74) is 13.8. The van der Waals surface area contributed by atoms with Crippen LogP contribution in [0.5, 0.6) is 11.5 Å². The average molecular weight is 1060 g/mol. The number of aromatic nitrogens is 1. The van der Waals surface area contributed by atoms with Crippen LogP contribution in [-0.4, -0.2) is 13.4 Å². The third-order valence-corrected chi connectivity index (χ3v) is 17.1. The van der Waals surface area contributed by atoms with Gasteiger partial charge >= 0.3 is 97.7 Å². The molecule has 302 valence electrons. The fraction of sp³-hybridized carbons (Fsp3) is 0.489. The Kier molecular flexibility index (Phi) is 18.4. The molecule has 0 amide bonds. The number of hydrogen-bond donors (Lipinski definition) is 1. The molecule has 1 heterocycles. The molecule has 0 aliphatic heterocycles. The maximum Gasteiger partial charge on any atom is -0.0607 e. The zero-order chi connectivity index (χ0) is 41.2. The van der Waals surface area contributed by atoms with Gasteiger partial charge in [-0.3, -0.25) is 0 Å². The van der Waals surface area contributed by atoms with Gasteiger partial charge in [0.15, 0.2) is 0 Å². The van der Waals surface area contributed by atoms with Crippen LogP contribution in [0.2, 0.25) is 18.1 Å². The van der Waals surface area contributed by atoms with E-state index in [0.29, 0.717) is 17.6 Å². The Labute approximate surface area is 363 Å². The summed E-state index contributed by atoms with van der Waals surface area (Å²) in [6.07, 6.45) is 9.80. The molecule has 55 heavy (non-hydrogen) atoms. The first-order valence-corrected chi connectivity index (χ1v) is 25.8. The fourth-order valence-electron chi connectivity index (χ4n) is 6.96. The maximum absolute atomic E-state index is 11.4. The summed E-state index contributed by atoms with van der Waals surface area (Å²) < 4.78 is 13.3. The van der Waals surface area contributed by atoms with Crippen molar-refractivity contribution in [3.05, 3.63) is 110 Å². The van der Waals surface area contributed by atoms with Gasteiger partial charge < -0.3 is 34.8 Å². The van der Waals surface area contributed by atoms with E-state index in [4.69, 9.17) is 4.43 Å². The quantitative estimate of drug-likeness (QED) is 0.155. The summed E-state index contributed by atoms with van der Waals surface area (Å²) in [4.78, 5) is 4.11. The summed E-state index contributed by atoms with van der Waals surface area (Å²) in [5.74, 6) is 2.43. The Morgan fingerprint density at radius 3 is 1.64 bits per heavy atom. The standard InChI is InChI=1S/C26H34Br2O2Si.C12H17N.C6H8N.C3H6.W/c1-26(2,3)31(4,5)30-25-21(28)15-17-11-7-9-13-19(17)23(25)22-18-12-8-6-10-16(18)14-20(27)24(22)29;1-8(2)10-6-5-7-11(9(3)4)12(10)13;1-5-3-4-6(2)7-5;1-3-2;/h14-15,29H,6-13H2,1-5H3;5-9H,1-4H3;3-4H,1-2H3;1-3H2;/q;;-1;-2;. The maximum atomic E-state index is 11.4. The van der Waals surface area contributed by atoms with Gasteiger partial charge in [0.25, 0.3) is 8.32 Å². The van der Waals surface area contributed by atoms with E-state index in [1.54, 1.807) is 0 Å². The van der Waals surface area contributed by atoms with Crippen molar-refractivity contribution in [3.63, 3.8) is 0 Å². The third kappa shape index (κ3) is 12.4. The predicted octanol–water partition coefficient (Wildman–Crippen LogP) is 15.3. The number of halogens is 2. The molecule has 4 nitrogen and oxygen atoms in total. The monoisotopic (exact) mass is 1060 g/mol. The first-order valence-electron chi connectivity index (χ1n) is 20.0. The predicted molar refractivity (Wildman–Crippen MR) is 241 cm³/mol. The van der Waals surface area contributed by atoms with Gasteiger partial charge in [0.05, 0.1) is 8.95 Å². The zero-order valence-electron chi connectivity index (χ0n) is 35.4. The van der Waals surface area contributed by atoms with Gasteiger partial charge in [0.2, 0.25) is 0 Å². The number of fused-ring (bicyclic) bond motifs is 2. The molecule has 0 bridgehead atoms. The molecule has 0 spiro atoms. The molecular weight excluding hydrogens is 996 g/mol. The number of nitrogens with zero attached hydrogens (tertiary/aromatic N) is 2. The molecule has 0 atom stereocenters. The van der Waals surface area contributed by atoms with E-state index in [0.717, 1.165) is 69.3 Å². The Hall–Kier alpha value is -1.79. The number of benzene rings is 3. The third-order valence-electron chi connectivity index (χ3n) is 10.9. The average Bonchev–Trinajstić information content (AvgIpc) is 3.51. The fourth-order valence-corrected chi connectivity index (χ4v) is 9.92. The molecule has 2 aliphatic rings. The van der Waals surface area contributed by atoms with E-state index in [1.807, 2.05) is 26.0 Å². The number of phenolic OH excluding ortho intramolecular Hbond substituents is 1. The van der Waals surface area contributed by atoms with E-state index in [-0.39, 0.29) is 5.04 Å². The van der Waals surface area contributed by atoms with Crippen molar-refractivity contribution in [2.45, 2.75) is 150 Å². The minimum atomic E-state index is -2.08. The summed E-state index contributed by atoms with van der Waals surface area (Å²) in [6.45, 7) is 31.1. The van der Waals surface area contributed by atoms with Gasteiger partial charge in [-0.2, -0.15) is 11.4 Å². The molecule has 4 aromatic rings. The molecule has 6 rings (SSSR count). The molecule has 1 aromatic heterocycles. The molecule has 0 saturated carbocycles. The van der Waals surface area contributed by atoms with Crippen LogP contribution in [0.3, 0.4) is 0 Å². The SMILES string of the molecule is CC(C)(C)[Si](C)(C)Oc1c(Br)cc2c(c1-c1c(O)c(Br)cc3c1CCCC3)CCCC2.CC(C)c1cccc(C(C)C)c1[N]=[W].Cc1ccc(C)[n-]1.[CH2-]C[CH2-]. The summed E-state index contributed by atoms with van der Waals surface area (Å²) in [7, 11) is -2.08. The van der Waals surface area contributed by atoms with E-state index in [9.17, 15) is 5.11 Å². The number of aryl methyl sites for hydroxylation is 4. The van der Waals surface area contributed by atoms with Gasteiger partial charge in [0.1, 0.15) is 11.5 Å². The second-order valence-corrected chi connectivity index (χ2v) is 24.1. The van der Waals surface area contributed by atoms with E-state index in [2.05, 4.69) is 146 Å². The van der Waals surface area contributed by atoms with Gasteiger partial charge in [-0.15, -0.1) is 0 Å². The number of phenols is 1. The van der Waals surface area contributed by atoms with Crippen molar-refractivity contribution >= 4 is 45.9 Å². The van der Waals surface area contributed by atoms with Crippen LogP contribution < -0.4 is 9.41 Å². The second-order valence-electron chi connectivity index (χ2n) is 17.0. The largest absolute Gasteiger partial charge is 0.665 e. The van der Waals surface area contributed by atoms with Crippen molar-refractivity contribution in [1.82, 2.24) is 4.98 Å². The Morgan fingerprint density at radius 1 is 0.800 bits per heavy atom. The van der Waals surface area contributed by atoms with Crippen LogP contribution in [-0.2, 0) is 45.3 Å². The van der Waals surface area contributed by atoms with E-state index >= 15 is 0 Å². The Morgan fingerprint density at radius 2 is 1.24 bits per heavy atom. The van der Waals surface area contributed by atoms with Crippen LogP contribution in [0, 0.1) is 27.7 Å². The first-order chi connectivity index (χ1) is 25.8.